The van der Waals surface area contributed by atoms with Crippen molar-refractivity contribution in [2.24, 2.45) is 7.05 Å². The summed E-state index contributed by atoms with van der Waals surface area (Å²) in [6, 6.07) is 7.70. The van der Waals surface area contributed by atoms with Gasteiger partial charge in [-0.15, -0.1) is 0 Å². The molecule has 0 bridgehead atoms. The van der Waals surface area contributed by atoms with Gasteiger partial charge in [0.2, 0.25) is 0 Å². The second kappa shape index (κ2) is 6.90. The molecule has 124 valence electrons. The van der Waals surface area contributed by atoms with Crippen LogP contribution in [0.2, 0.25) is 0 Å². The van der Waals surface area contributed by atoms with Crippen molar-refractivity contribution in [1.29, 1.82) is 0 Å². The van der Waals surface area contributed by atoms with Gasteiger partial charge in [-0.05, 0) is 56.5 Å². The molecule has 24 heavy (non-hydrogen) atoms. The Labute approximate surface area is 156 Å². The van der Waals surface area contributed by atoms with E-state index in [1.54, 1.807) is 17.9 Å². The number of carbonyl (C=O) groups excluding carboxylic acids is 1. The van der Waals surface area contributed by atoms with Crippen LogP contribution in [0.4, 0.5) is 5.69 Å². The first-order valence-corrected chi connectivity index (χ1v) is 8.80. The predicted octanol–water partition coefficient (Wildman–Crippen LogP) is 3.75. The third kappa shape index (κ3) is 3.59. The molecule has 0 fully saturated rings. The molecule has 0 aliphatic rings. The minimum atomic E-state index is -0.205. The van der Waals surface area contributed by atoms with Crippen molar-refractivity contribution in [3.05, 3.63) is 62.6 Å². The molecule has 0 saturated carbocycles. The predicted molar refractivity (Wildman–Crippen MR) is 99.1 cm³/mol. The second-order valence-corrected chi connectivity index (χ2v) is 7.09. The topological polar surface area (TPSA) is 64.7 Å². The van der Waals surface area contributed by atoms with Gasteiger partial charge in [-0.1, -0.05) is 12.1 Å². The van der Waals surface area contributed by atoms with Crippen LogP contribution in [0.1, 0.15) is 21.7 Å². The molecule has 0 radical (unpaired) electrons. The molecule has 8 heteroatoms. The summed E-state index contributed by atoms with van der Waals surface area (Å²) in [6.07, 6.45) is 3.65. The Morgan fingerprint density at radius 3 is 2.75 bits per heavy atom. The molecule has 0 atom stereocenters. The number of halogens is 2. The van der Waals surface area contributed by atoms with Gasteiger partial charge in [-0.25, -0.2) is 0 Å². The molecule has 0 spiro atoms. The molecular weight excluding hydrogens is 438 g/mol. The molecule has 3 aromatic rings. The molecule has 3 rings (SSSR count). The molecule has 0 aliphatic heterocycles. The molecule has 0 unspecified atom stereocenters. The van der Waals surface area contributed by atoms with Crippen molar-refractivity contribution in [1.82, 2.24) is 19.6 Å². The third-order valence-electron chi connectivity index (χ3n) is 3.50. The van der Waals surface area contributed by atoms with Crippen LogP contribution in [0, 0.1) is 6.92 Å². The van der Waals surface area contributed by atoms with Gasteiger partial charge < -0.3 is 5.32 Å². The van der Waals surface area contributed by atoms with Gasteiger partial charge in [0.25, 0.3) is 5.91 Å². The Morgan fingerprint density at radius 2 is 2.12 bits per heavy atom. The second-order valence-electron chi connectivity index (χ2n) is 5.38. The van der Waals surface area contributed by atoms with Gasteiger partial charge in [-0.2, -0.15) is 10.2 Å². The summed E-state index contributed by atoms with van der Waals surface area (Å²) in [5.74, 6) is -0.205. The smallest absolute Gasteiger partial charge is 0.275 e. The zero-order chi connectivity index (χ0) is 17.3. The summed E-state index contributed by atoms with van der Waals surface area (Å²) in [7, 11) is 1.75. The molecule has 1 N–H and O–H groups in total. The fourth-order valence-electron chi connectivity index (χ4n) is 2.43. The summed E-state index contributed by atoms with van der Waals surface area (Å²) in [5.41, 5.74) is 3.05. The van der Waals surface area contributed by atoms with E-state index in [9.17, 15) is 4.79 Å². The molecule has 0 aliphatic carbocycles. The minimum absolute atomic E-state index is 0.205. The van der Waals surface area contributed by atoms with E-state index < -0.39 is 0 Å². The summed E-state index contributed by atoms with van der Waals surface area (Å²) in [5, 5.41) is 11.4. The van der Waals surface area contributed by atoms with Crippen LogP contribution in [0.3, 0.4) is 0 Å². The van der Waals surface area contributed by atoms with E-state index in [1.807, 2.05) is 42.1 Å². The van der Waals surface area contributed by atoms with E-state index in [1.165, 1.54) is 0 Å². The van der Waals surface area contributed by atoms with Gasteiger partial charge in [0, 0.05) is 18.9 Å². The summed E-state index contributed by atoms with van der Waals surface area (Å²) in [4.78, 5) is 12.5. The van der Waals surface area contributed by atoms with Crippen LogP contribution in [-0.4, -0.2) is 25.5 Å². The molecule has 1 amide bonds. The van der Waals surface area contributed by atoms with Crippen LogP contribution in [0.15, 0.2) is 45.6 Å². The normalized spacial score (nSPS) is 10.8. The summed E-state index contributed by atoms with van der Waals surface area (Å²) < 4.78 is 5.04. The first kappa shape index (κ1) is 16.9. The summed E-state index contributed by atoms with van der Waals surface area (Å²) >= 11 is 6.80. The van der Waals surface area contributed by atoms with E-state index in [2.05, 4.69) is 47.4 Å². The Kier molecular flexibility index (Phi) is 4.86. The molecule has 6 nitrogen and oxygen atoms in total. The van der Waals surface area contributed by atoms with Gasteiger partial charge in [0.1, 0.15) is 5.69 Å². The monoisotopic (exact) mass is 451 g/mol. The van der Waals surface area contributed by atoms with Crippen LogP contribution in [0.25, 0.3) is 0 Å². The Hall–Kier alpha value is -1.93. The number of nitrogens with zero attached hydrogens (tertiary/aromatic N) is 4. The highest BCUT2D eigenvalue weighted by Gasteiger charge is 2.18. The Morgan fingerprint density at radius 1 is 1.33 bits per heavy atom. The van der Waals surface area contributed by atoms with Crippen molar-refractivity contribution < 1.29 is 4.79 Å². The van der Waals surface area contributed by atoms with Crippen molar-refractivity contribution in [2.45, 2.75) is 13.5 Å². The number of nitrogens with one attached hydrogen (secondary N) is 1. The fraction of sp³-hybridized carbons (Fsp3) is 0.188. The van der Waals surface area contributed by atoms with Crippen LogP contribution >= 0.6 is 31.9 Å². The maximum atomic E-state index is 12.5. The number of carbonyl (C=O) groups is 1. The van der Waals surface area contributed by atoms with Gasteiger partial charge in [0.05, 0.1) is 27.4 Å². The van der Waals surface area contributed by atoms with Gasteiger partial charge in [0.15, 0.2) is 0 Å². The number of hydrogen-bond donors (Lipinski definition) is 1. The maximum absolute atomic E-state index is 12.5. The number of aromatic nitrogens is 4. The van der Waals surface area contributed by atoms with E-state index in [4.69, 9.17) is 0 Å². The molecule has 2 aromatic heterocycles. The highest BCUT2D eigenvalue weighted by Crippen LogP contribution is 2.22. The lowest BCUT2D eigenvalue weighted by atomic mass is 10.2. The zero-order valence-corrected chi connectivity index (χ0v) is 16.3. The quantitative estimate of drug-likeness (QED) is 0.655. The number of benzene rings is 1. The maximum Gasteiger partial charge on any atom is 0.275 e. The van der Waals surface area contributed by atoms with Crippen LogP contribution in [-0.2, 0) is 13.6 Å². The number of amides is 1. The molecule has 1 aromatic carbocycles. The minimum Gasteiger partial charge on any atom is -0.321 e. The van der Waals surface area contributed by atoms with E-state index in [0.29, 0.717) is 16.7 Å². The summed E-state index contributed by atoms with van der Waals surface area (Å²) in [6.45, 7) is 2.48. The van der Waals surface area contributed by atoms with Crippen LogP contribution in [0.5, 0.6) is 0 Å². The van der Waals surface area contributed by atoms with Gasteiger partial charge in [-0.3, -0.25) is 14.2 Å². The van der Waals surface area contributed by atoms with Crippen molar-refractivity contribution >= 4 is 43.5 Å². The van der Waals surface area contributed by atoms with E-state index >= 15 is 0 Å². The van der Waals surface area contributed by atoms with Crippen LogP contribution < -0.4 is 5.32 Å². The van der Waals surface area contributed by atoms with Crippen molar-refractivity contribution in [2.75, 3.05) is 5.32 Å². The Bertz CT molecular complexity index is 900. The number of anilines is 1. The van der Waals surface area contributed by atoms with Gasteiger partial charge >= 0.3 is 0 Å². The first-order chi connectivity index (χ1) is 11.4. The lowest BCUT2D eigenvalue weighted by Crippen LogP contribution is -2.16. The van der Waals surface area contributed by atoms with Crippen molar-refractivity contribution in [3.63, 3.8) is 0 Å². The third-order valence-corrected chi connectivity index (χ3v) is 4.85. The highest BCUT2D eigenvalue weighted by atomic mass is 79.9. The molecule has 0 saturated heterocycles. The average Bonchev–Trinajstić information content (AvgIpc) is 3.03. The first-order valence-electron chi connectivity index (χ1n) is 7.21. The average molecular weight is 453 g/mol. The zero-order valence-electron chi connectivity index (χ0n) is 13.1. The largest absolute Gasteiger partial charge is 0.321 e. The number of rotatable bonds is 4. The molecule has 2 heterocycles. The van der Waals surface area contributed by atoms with E-state index in [-0.39, 0.29) is 5.91 Å². The van der Waals surface area contributed by atoms with E-state index in [0.717, 1.165) is 21.4 Å². The highest BCUT2D eigenvalue weighted by molar-refractivity contribution is 9.10. The number of hydrogen-bond acceptors (Lipinski definition) is 3. The number of aryl methyl sites for hydroxylation is 2. The standard InChI is InChI=1S/C16H15Br2N5O/c1-10-14(18)15(22(2)21-10)16(24)20-13-5-3-4-11(6-13)8-23-9-12(17)7-19-23/h3-7,9H,8H2,1-2H3,(H,20,24). The molecular formula is C16H15Br2N5O. The SMILES string of the molecule is Cc1nn(C)c(C(=O)Nc2cccc(Cn3cc(Br)cn3)c2)c1Br. The van der Waals surface area contributed by atoms with Crippen molar-refractivity contribution in [3.8, 4) is 0 Å². The lowest BCUT2D eigenvalue weighted by molar-refractivity contribution is 0.101. The fourth-order valence-corrected chi connectivity index (χ4v) is 3.27. The lowest BCUT2D eigenvalue weighted by Gasteiger charge is -2.08. The Balaban J connectivity index is 1.78.